The van der Waals surface area contributed by atoms with Gasteiger partial charge in [-0.1, -0.05) is 6.08 Å². The number of rotatable bonds is 11. The van der Waals surface area contributed by atoms with Crippen molar-refractivity contribution in [1.29, 1.82) is 0 Å². The van der Waals surface area contributed by atoms with Crippen LogP contribution >= 0.6 is 0 Å². The molecule has 0 aliphatic rings. The molecular formula is C17H30FN5O. The van der Waals surface area contributed by atoms with Crippen molar-refractivity contribution >= 4 is 5.82 Å². The molecule has 1 atom stereocenters. The molecule has 0 saturated carbocycles. The maximum Gasteiger partial charge on any atom is 0.318 e. The normalized spacial score (nSPS) is 12.5. The molecule has 1 unspecified atom stereocenters. The number of allylic oxidation sites excluding steroid dienone is 1. The standard InChI is InChI=1S/C17H30FN5O/c1-7-8-9-14(13-23(6)11-10-21(2)3)24-17-19-12-15(18)16(20-17)22(4)5/h7,12,14H,1,8-11,13H2,2-6H3. The number of halogens is 1. The summed E-state index contributed by atoms with van der Waals surface area (Å²) in [5, 5.41) is 0. The zero-order chi connectivity index (χ0) is 18.1. The van der Waals surface area contributed by atoms with E-state index in [1.165, 1.54) is 0 Å². The first-order chi connectivity index (χ1) is 11.3. The fraction of sp³-hybridized carbons (Fsp3) is 0.647. The largest absolute Gasteiger partial charge is 0.459 e. The Kier molecular flexibility index (Phi) is 8.63. The average molecular weight is 339 g/mol. The Morgan fingerprint density at radius 3 is 2.54 bits per heavy atom. The van der Waals surface area contributed by atoms with Crippen LogP contribution < -0.4 is 9.64 Å². The van der Waals surface area contributed by atoms with Crippen LogP contribution in [0, 0.1) is 5.82 Å². The predicted molar refractivity (Wildman–Crippen MR) is 96.2 cm³/mol. The van der Waals surface area contributed by atoms with E-state index in [1.807, 2.05) is 6.08 Å². The van der Waals surface area contributed by atoms with E-state index in [9.17, 15) is 4.39 Å². The van der Waals surface area contributed by atoms with Gasteiger partial charge >= 0.3 is 6.01 Å². The van der Waals surface area contributed by atoms with Crippen LogP contribution in [0.3, 0.4) is 0 Å². The van der Waals surface area contributed by atoms with E-state index < -0.39 is 5.82 Å². The second-order valence-electron chi connectivity index (χ2n) is 6.39. The highest BCUT2D eigenvalue weighted by molar-refractivity contribution is 5.37. The molecule has 24 heavy (non-hydrogen) atoms. The van der Waals surface area contributed by atoms with Gasteiger partial charge in [0.1, 0.15) is 6.10 Å². The van der Waals surface area contributed by atoms with Gasteiger partial charge < -0.3 is 19.4 Å². The second-order valence-corrected chi connectivity index (χ2v) is 6.39. The summed E-state index contributed by atoms with van der Waals surface area (Å²) < 4.78 is 19.6. The molecular weight excluding hydrogens is 309 g/mol. The highest BCUT2D eigenvalue weighted by atomic mass is 19.1. The van der Waals surface area contributed by atoms with E-state index >= 15 is 0 Å². The first-order valence-electron chi connectivity index (χ1n) is 8.14. The van der Waals surface area contributed by atoms with Crippen molar-refractivity contribution in [2.75, 3.05) is 59.8 Å². The number of nitrogens with zero attached hydrogens (tertiary/aromatic N) is 5. The van der Waals surface area contributed by atoms with Crippen molar-refractivity contribution < 1.29 is 9.13 Å². The van der Waals surface area contributed by atoms with Crippen LogP contribution in [0.2, 0.25) is 0 Å². The molecule has 0 aromatic carbocycles. The van der Waals surface area contributed by atoms with Gasteiger partial charge in [0.2, 0.25) is 0 Å². The molecule has 0 N–H and O–H groups in total. The van der Waals surface area contributed by atoms with Crippen LogP contribution in [0.15, 0.2) is 18.9 Å². The third-order valence-electron chi connectivity index (χ3n) is 3.54. The lowest BCUT2D eigenvalue weighted by atomic mass is 10.2. The lowest BCUT2D eigenvalue weighted by Crippen LogP contribution is -2.37. The number of likely N-dealkylation sites (N-methyl/N-ethyl adjacent to an activating group) is 2. The van der Waals surface area contributed by atoms with Gasteiger partial charge in [-0.25, -0.2) is 9.37 Å². The SMILES string of the molecule is C=CCCC(CN(C)CCN(C)C)Oc1ncc(F)c(N(C)C)n1. The molecule has 7 heteroatoms. The molecule has 1 rings (SSSR count). The van der Waals surface area contributed by atoms with Crippen molar-refractivity contribution in [3.05, 3.63) is 24.7 Å². The molecule has 1 heterocycles. The summed E-state index contributed by atoms with van der Waals surface area (Å²) in [5.74, 6) is -0.235. The van der Waals surface area contributed by atoms with Gasteiger partial charge in [0.15, 0.2) is 11.6 Å². The zero-order valence-electron chi connectivity index (χ0n) is 15.5. The quantitative estimate of drug-likeness (QED) is 0.574. The Balaban J connectivity index is 2.74. The number of anilines is 1. The average Bonchev–Trinajstić information content (AvgIpc) is 2.52. The predicted octanol–water partition coefficient (Wildman–Crippen LogP) is 1.89. The van der Waals surface area contributed by atoms with Crippen molar-refractivity contribution in [2.45, 2.75) is 18.9 Å². The number of hydrogen-bond donors (Lipinski definition) is 0. The van der Waals surface area contributed by atoms with E-state index in [4.69, 9.17) is 4.74 Å². The minimum absolute atomic E-state index is 0.0735. The fourth-order valence-electron chi connectivity index (χ4n) is 2.16. The molecule has 0 fully saturated rings. The van der Waals surface area contributed by atoms with Crippen LogP contribution in [0.4, 0.5) is 10.2 Å². The van der Waals surface area contributed by atoms with E-state index in [1.54, 1.807) is 19.0 Å². The summed E-state index contributed by atoms with van der Waals surface area (Å²) in [4.78, 5) is 14.1. The molecule has 0 aliphatic carbocycles. The van der Waals surface area contributed by atoms with Crippen LogP contribution in [0.5, 0.6) is 6.01 Å². The van der Waals surface area contributed by atoms with Crippen molar-refractivity contribution in [2.24, 2.45) is 0 Å². The Labute approximate surface area is 144 Å². The van der Waals surface area contributed by atoms with Gasteiger partial charge in [0.05, 0.1) is 6.20 Å². The highest BCUT2D eigenvalue weighted by Crippen LogP contribution is 2.17. The fourth-order valence-corrected chi connectivity index (χ4v) is 2.16. The smallest absolute Gasteiger partial charge is 0.318 e. The maximum absolute atomic E-state index is 13.7. The minimum Gasteiger partial charge on any atom is -0.459 e. The first kappa shape index (κ1) is 20.3. The molecule has 136 valence electrons. The Morgan fingerprint density at radius 1 is 1.25 bits per heavy atom. The molecule has 1 aromatic heterocycles. The van der Waals surface area contributed by atoms with Crippen LogP contribution in [0.25, 0.3) is 0 Å². The van der Waals surface area contributed by atoms with Gasteiger partial charge in [-0.2, -0.15) is 4.98 Å². The molecule has 6 nitrogen and oxygen atoms in total. The van der Waals surface area contributed by atoms with E-state index in [0.29, 0.717) is 0 Å². The third kappa shape index (κ3) is 7.23. The Bertz CT molecular complexity index is 510. The van der Waals surface area contributed by atoms with Crippen molar-refractivity contribution in [3.8, 4) is 6.01 Å². The number of ether oxygens (including phenoxy) is 1. The lowest BCUT2D eigenvalue weighted by Gasteiger charge is -2.25. The van der Waals surface area contributed by atoms with E-state index in [0.717, 1.165) is 38.7 Å². The van der Waals surface area contributed by atoms with E-state index in [2.05, 4.69) is 47.5 Å². The molecule has 0 amide bonds. The van der Waals surface area contributed by atoms with Gasteiger partial charge in [0, 0.05) is 33.7 Å². The second kappa shape index (κ2) is 10.2. The Morgan fingerprint density at radius 2 is 1.96 bits per heavy atom. The first-order valence-corrected chi connectivity index (χ1v) is 8.14. The molecule has 0 aliphatic heterocycles. The minimum atomic E-state index is -0.460. The lowest BCUT2D eigenvalue weighted by molar-refractivity contribution is 0.125. The topological polar surface area (TPSA) is 44.7 Å². The van der Waals surface area contributed by atoms with Gasteiger partial charge in [-0.15, -0.1) is 6.58 Å². The zero-order valence-corrected chi connectivity index (χ0v) is 15.5. The Hall–Kier alpha value is -1.73. The number of hydrogen-bond acceptors (Lipinski definition) is 6. The summed E-state index contributed by atoms with van der Waals surface area (Å²) in [5.41, 5.74) is 0. The monoisotopic (exact) mass is 339 g/mol. The molecule has 0 spiro atoms. The molecule has 1 aromatic rings. The van der Waals surface area contributed by atoms with Crippen molar-refractivity contribution in [1.82, 2.24) is 19.8 Å². The van der Waals surface area contributed by atoms with Gasteiger partial charge in [-0.3, -0.25) is 0 Å². The molecule has 0 bridgehead atoms. The number of aromatic nitrogens is 2. The summed E-state index contributed by atoms with van der Waals surface area (Å²) in [6.45, 7) is 6.43. The van der Waals surface area contributed by atoms with Crippen LogP contribution in [0.1, 0.15) is 12.8 Å². The van der Waals surface area contributed by atoms with Gasteiger partial charge in [-0.05, 0) is 34.0 Å². The van der Waals surface area contributed by atoms with Gasteiger partial charge in [0.25, 0.3) is 0 Å². The van der Waals surface area contributed by atoms with Crippen LogP contribution in [-0.4, -0.2) is 80.7 Å². The maximum atomic E-state index is 13.7. The van der Waals surface area contributed by atoms with E-state index in [-0.39, 0.29) is 17.9 Å². The highest BCUT2D eigenvalue weighted by Gasteiger charge is 2.17. The summed E-state index contributed by atoms with van der Waals surface area (Å²) >= 11 is 0. The van der Waals surface area contributed by atoms with Crippen molar-refractivity contribution in [3.63, 3.8) is 0 Å². The third-order valence-corrected chi connectivity index (χ3v) is 3.54. The summed E-state index contributed by atoms with van der Waals surface area (Å²) in [6, 6.07) is 0.204. The molecule has 0 saturated heterocycles. The molecule has 0 radical (unpaired) electrons. The summed E-state index contributed by atoms with van der Waals surface area (Å²) in [7, 11) is 9.63. The van der Waals surface area contributed by atoms with Crippen LogP contribution in [-0.2, 0) is 0 Å². The summed E-state index contributed by atoms with van der Waals surface area (Å²) in [6.07, 6.45) is 4.60.